The fourth-order valence-corrected chi connectivity index (χ4v) is 4.16. The van der Waals surface area contributed by atoms with Crippen LogP contribution in [0.15, 0.2) is 47.0 Å². The SMILES string of the molecule is Cc1ccccc1OCc1c(C(=O)Nc2c(C)nn(Cc3c(Cl)cccc3Cl)c2C)noc1C. The van der Waals surface area contributed by atoms with Gasteiger partial charge in [0.05, 0.1) is 29.2 Å². The van der Waals surface area contributed by atoms with Crippen molar-refractivity contribution in [2.45, 2.75) is 40.8 Å². The first-order valence-corrected chi connectivity index (χ1v) is 11.4. The average molecular weight is 499 g/mol. The van der Waals surface area contributed by atoms with Crippen LogP contribution in [0.25, 0.3) is 0 Å². The van der Waals surface area contributed by atoms with E-state index in [1.807, 2.05) is 45.0 Å². The topological polar surface area (TPSA) is 82.2 Å². The van der Waals surface area contributed by atoms with Crippen molar-refractivity contribution in [1.82, 2.24) is 14.9 Å². The number of carbonyl (C=O) groups is 1. The Balaban J connectivity index is 1.54. The molecule has 0 saturated carbocycles. The van der Waals surface area contributed by atoms with E-state index < -0.39 is 5.91 Å². The first-order chi connectivity index (χ1) is 16.3. The molecule has 0 bridgehead atoms. The van der Waals surface area contributed by atoms with Crippen LogP contribution in [0.3, 0.4) is 0 Å². The summed E-state index contributed by atoms with van der Waals surface area (Å²) in [5.74, 6) is 0.860. The Morgan fingerprint density at radius 1 is 1.03 bits per heavy atom. The molecule has 0 fully saturated rings. The van der Waals surface area contributed by atoms with Crippen LogP contribution in [-0.2, 0) is 13.2 Å². The van der Waals surface area contributed by atoms with Crippen molar-refractivity contribution in [3.8, 4) is 5.75 Å². The number of aromatic nitrogens is 3. The number of amides is 1. The van der Waals surface area contributed by atoms with Crippen molar-refractivity contribution in [2.24, 2.45) is 0 Å². The number of ether oxygens (including phenoxy) is 1. The maximum absolute atomic E-state index is 13.1. The van der Waals surface area contributed by atoms with Crippen LogP contribution in [0.2, 0.25) is 10.0 Å². The van der Waals surface area contributed by atoms with Gasteiger partial charge in [-0.1, -0.05) is 52.6 Å². The second kappa shape index (κ2) is 9.91. The van der Waals surface area contributed by atoms with Crippen LogP contribution in [-0.4, -0.2) is 20.8 Å². The van der Waals surface area contributed by atoms with Crippen LogP contribution in [0.4, 0.5) is 5.69 Å². The highest BCUT2D eigenvalue weighted by Crippen LogP contribution is 2.28. The van der Waals surface area contributed by atoms with Crippen LogP contribution in [0, 0.1) is 27.7 Å². The summed E-state index contributed by atoms with van der Waals surface area (Å²) in [6.45, 7) is 7.94. The fourth-order valence-electron chi connectivity index (χ4n) is 3.65. The average Bonchev–Trinajstić information content (AvgIpc) is 3.30. The van der Waals surface area contributed by atoms with E-state index in [1.165, 1.54) is 0 Å². The summed E-state index contributed by atoms with van der Waals surface area (Å²) in [6.07, 6.45) is 0. The van der Waals surface area contributed by atoms with E-state index >= 15 is 0 Å². The lowest BCUT2D eigenvalue weighted by Gasteiger charge is -2.10. The van der Waals surface area contributed by atoms with Crippen LogP contribution in [0.5, 0.6) is 5.75 Å². The number of nitrogens with zero attached hydrogens (tertiary/aromatic N) is 3. The van der Waals surface area contributed by atoms with Crippen LogP contribution in [0.1, 0.15) is 44.3 Å². The fraction of sp³-hybridized carbons (Fsp3) is 0.240. The largest absolute Gasteiger partial charge is 0.488 e. The summed E-state index contributed by atoms with van der Waals surface area (Å²) in [7, 11) is 0. The molecule has 9 heteroatoms. The van der Waals surface area contributed by atoms with Crippen molar-refractivity contribution in [2.75, 3.05) is 5.32 Å². The summed E-state index contributed by atoms with van der Waals surface area (Å²) < 4.78 is 13.0. The predicted octanol–water partition coefficient (Wildman–Crippen LogP) is 6.29. The third kappa shape index (κ3) is 4.81. The van der Waals surface area contributed by atoms with Gasteiger partial charge in [-0.3, -0.25) is 9.48 Å². The van der Waals surface area contributed by atoms with Gasteiger partial charge in [-0.15, -0.1) is 0 Å². The van der Waals surface area contributed by atoms with Gasteiger partial charge < -0.3 is 14.6 Å². The van der Waals surface area contributed by atoms with Gasteiger partial charge in [-0.2, -0.15) is 5.10 Å². The molecule has 34 heavy (non-hydrogen) atoms. The molecule has 0 aliphatic carbocycles. The zero-order valence-corrected chi connectivity index (χ0v) is 20.8. The summed E-state index contributed by atoms with van der Waals surface area (Å²) >= 11 is 12.6. The number of anilines is 1. The van der Waals surface area contributed by atoms with Gasteiger partial charge in [0, 0.05) is 15.6 Å². The van der Waals surface area contributed by atoms with Gasteiger partial charge in [-0.25, -0.2) is 0 Å². The molecule has 4 rings (SSSR count). The van der Waals surface area contributed by atoms with Crippen molar-refractivity contribution in [3.05, 3.63) is 92.0 Å². The van der Waals surface area contributed by atoms with Gasteiger partial charge in [-0.05, 0) is 51.5 Å². The lowest BCUT2D eigenvalue weighted by Crippen LogP contribution is -2.16. The third-order valence-electron chi connectivity index (χ3n) is 5.65. The van der Waals surface area contributed by atoms with E-state index in [0.29, 0.717) is 39.3 Å². The number of carbonyl (C=O) groups excluding carboxylic acids is 1. The Hall–Kier alpha value is -3.29. The monoisotopic (exact) mass is 498 g/mol. The number of hydrogen-bond acceptors (Lipinski definition) is 5. The minimum Gasteiger partial charge on any atom is -0.488 e. The molecule has 0 aliphatic rings. The van der Waals surface area contributed by atoms with Crippen LogP contribution >= 0.6 is 23.2 Å². The minimum absolute atomic E-state index is 0.158. The summed E-state index contributed by atoms with van der Waals surface area (Å²) in [5.41, 5.74) is 4.54. The molecule has 0 aliphatic heterocycles. The molecule has 2 aromatic carbocycles. The minimum atomic E-state index is -0.401. The molecule has 0 saturated heterocycles. The molecule has 2 heterocycles. The van der Waals surface area contributed by atoms with Crippen molar-refractivity contribution in [1.29, 1.82) is 0 Å². The Bertz CT molecular complexity index is 1340. The molecule has 0 spiro atoms. The highest BCUT2D eigenvalue weighted by Gasteiger charge is 2.23. The number of nitrogens with one attached hydrogen (secondary N) is 1. The number of benzene rings is 2. The number of aryl methyl sites for hydroxylation is 3. The van der Waals surface area contributed by atoms with E-state index in [4.69, 9.17) is 32.5 Å². The smallest absolute Gasteiger partial charge is 0.278 e. The standard InChI is InChI=1S/C25H24Cl2N4O3/c1-14-8-5-6-11-22(14)33-13-19-17(4)34-30-24(19)25(32)28-23-15(2)29-31(16(23)3)12-18-20(26)9-7-10-21(18)27/h5-11H,12-13H2,1-4H3,(H,28,32). The molecular weight excluding hydrogens is 475 g/mol. The first-order valence-electron chi connectivity index (χ1n) is 10.7. The normalized spacial score (nSPS) is 11.0. The number of hydrogen-bond donors (Lipinski definition) is 1. The highest BCUT2D eigenvalue weighted by atomic mass is 35.5. The van der Waals surface area contributed by atoms with Crippen molar-refractivity contribution in [3.63, 3.8) is 0 Å². The molecule has 1 N–H and O–H groups in total. The Morgan fingerprint density at radius 2 is 1.74 bits per heavy atom. The van der Waals surface area contributed by atoms with E-state index in [-0.39, 0.29) is 12.3 Å². The molecule has 2 aromatic heterocycles. The summed E-state index contributed by atoms with van der Waals surface area (Å²) in [5, 5.41) is 12.6. The van der Waals surface area contributed by atoms with E-state index in [9.17, 15) is 4.79 Å². The van der Waals surface area contributed by atoms with E-state index in [2.05, 4.69) is 15.6 Å². The summed E-state index contributed by atoms with van der Waals surface area (Å²) in [6, 6.07) is 13.0. The quantitative estimate of drug-likeness (QED) is 0.323. The zero-order valence-electron chi connectivity index (χ0n) is 19.3. The van der Waals surface area contributed by atoms with E-state index in [0.717, 1.165) is 22.6 Å². The van der Waals surface area contributed by atoms with Gasteiger partial charge in [0.25, 0.3) is 5.91 Å². The van der Waals surface area contributed by atoms with E-state index in [1.54, 1.807) is 29.8 Å². The Kier molecular flexibility index (Phi) is 6.95. The lowest BCUT2D eigenvalue weighted by molar-refractivity contribution is 0.101. The molecule has 0 radical (unpaired) electrons. The van der Waals surface area contributed by atoms with Gasteiger partial charge >= 0.3 is 0 Å². The Morgan fingerprint density at radius 3 is 2.44 bits per heavy atom. The van der Waals surface area contributed by atoms with Crippen molar-refractivity contribution < 1.29 is 14.1 Å². The van der Waals surface area contributed by atoms with Gasteiger partial charge in [0.2, 0.25) is 0 Å². The second-order valence-corrected chi connectivity index (χ2v) is 8.79. The van der Waals surface area contributed by atoms with Crippen molar-refractivity contribution >= 4 is 34.8 Å². The first kappa shape index (κ1) is 23.9. The van der Waals surface area contributed by atoms with Gasteiger partial charge in [0.1, 0.15) is 18.1 Å². The second-order valence-electron chi connectivity index (χ2n) is 7.98. The molecule has 0 atom stereocenters. The number of rotatable bonds is 7. The molecule has 176 valence electrons. The molecule has 1 amide bonds. The maximum Gasteiger partial charge on any atom is 0.278 e. The van der Waals surface area contributed by atoms with Gasteiger partial charge in [0.15, 0.2) is 5.69 Å². The molecular formula is C25H24Cl2N4O3. The zero-order chi connectivity index (χ0) is 24.4. The highest BCUT2D eigenvalue weighted by molar-refractivity contribution is 6.36. The van der Waals surface area contributed by atoms with Crippen LogP contribution < -0.4 is 10.1 Å². The molecule has 4 aromatic rings. The Labute approximate surface area is 207 Å². The molecule has 7 nitrogen and oxygen atoms in total. The summed E-state index contributed by atoms with van der Waals surface area (Å²) in [4.78, 5) is 13.1. The predicted molar refractivity (Wildman–Crippen MR) is 132 cm³/mol. The third-order valence-corrected chi connectivity index (χ3v) is 6.36. The molecule has 0 unspecified atom stereocenters. The number of halogens is 2. The number of para-hydroxylation sites is 1. The lowest BCUT2D eigenvalue weighted by atomic mass is 10.2. The maximum atomic E-state index is 13.1.